The maximum absolute atomic E-state index is 12.3. The van der Waals surface area contributed by atoms with Crippen molar-refractivity contribution < 1.29 is 4.79 Å². The van der Waals surface area contributed by atoms with Crippen molar-refractivity contribution in [2.24, 2.45) is 0 Å². The van der Waals surface area contributed by atoms with Crippen LogP contribution in [0.2, 0.25) is 0 Å². The summed E-state index contributed by atoms with van der Waals surface area (Å²) in [7, 11) is 4.13. The van der Waals surface area contributed by atoms with Gasteiger partial charge in [0.05, 0.1) is 11.6 Å². The number of aryl methyl sites for hydroxylation is 1. The third-order valence-electron chi connectivity index (χ3n) is 4.98. The molecule has 0 aliphatic carbocycles. The molecule has 0 aliphatic heterocycles. The minimum atomic E-state index is 0.0236. The van der Waals surface area contributed by atoms with Gasteiger partial charge in [0.25, 0.3) is 0 Å². The van der Waals surface area contributed by atoms with Crippen molar-refractivity contribution in [2.45, 2.75) is 25.9 Å². The molecule has 0 atom stereocenters. The zero-order valence-electron chi connectivity index (χ0n) is 17.6. The fraction of sp³-hybridized carbons (Fsp3) is 0.231. The van der Waals surface area contributed by atoms with Crippen molar-refractivity contribution in [2.75, 3.05) is 14.1 Å². The van der Waals surface area contributed by atoms with Crippen LogP contribution in [0.25, 0.3) is 11.1 Å². The van der Waals surface area contributed by atoms with Crippen molar-refractivity contribution in [1.29, 1.82) is 5.26 Å². The van der Waals surface area contributed by atoms with E-state index in [2.05, 4.69) is 66.8 Å². The summed E-state index contributed by atoms with van der Waals surface area (Å²) in [6, 6.07) is 26.3. The second-order valence-corrected chi connectivity index (χ2v) is 7.68. The van der Waals surface area contributed by atoms with Crippen LogP contribution in [0.3, 0.4) is 0 Å². The van der Waals surface area contributed by atoms with Crippen LogP contribution in [0.4, 0.5) is 0 Å². The van der Waals surface area contributed by atoms with Gasteiger partial charge in [-0.25, -0.2) is 0 Å². The standard InChI is InChI=1S/C26H27N3O/c1-29(2)19-22-11-14-23(15-12-22)25-6-4-3-5-24(25)18-28-26(30)16-13-20-7-9-21(17-27)10-8-20/h3-12,14-15H,13,16,18-19H2,1-2H3,(H,28,30). The minimum absolute atomic E-state index is 0.0236. The summed E-state index contributed by atoms with van der Waals surface area (Å²) in [5.41, 5.74) is 6.36. The van der Waals surface area contributed by atoms with E-state index in [9.17, 15) is 4.79 Å². The van der Waals surface area contributed by atoms with E-state index in [1.165, 1.54) is 5.56 Å². The number of hydrogen-bond donors (Lipinski definition) is 1. The monoisotopic (exact) mass is 397 g/mol. The van der Waals surface area contributed by atoms with E-state index < -0.39 is 0 Å². The lowest BCUT2D eigenvalue weighted by molar-refractivity contribution is -0.121. The highest BCUT2D eigenvalue weighted by Crippen LogP contribution is 2.24. The Kier molecular flexibility index (Phi) is 7.37. The summed E-state index contributed by atoms with van der Waals surface area (Å²) < 4.78 is 0. The Bertz CT molecular complexity index is 1020. The van der Waals surface area contributed by atoms with Crippen LogP contribution in [0.1, 0.15) is 28.7 Å². The molecule has 4 heteroatoms. The van der Waals surface area contributed by atoms with Crippen LogP contribution in [-0.2, 0) is 24.3 Å². The lowest BCUT2D eigenvalue weighted by Crippen LogP contribution is -2.23. The van der Waals surface area contributed by atoms with Gasteiger partial charge in [-0.3, -0.25) is 4.79 Å². The maximum atomic E-state index is 12.3. The van der Waals surface area contributed by atoms with Gasteiger partial charge in [0.15, 0.2) is 0 Å². The Balaban J connectivity index is 1.59. The van der Waals surface area contributed by atoms with Crippen LogP contribution in [0.5, 0.6) is 0 Å². The normalized spacial score (nSPS) is 10.6. The zero-order valence-corrected chi connectivity index (χ0v) is 17.6. The predicted octanol–water partition coefficient (Wildman–Crippen LogP) is 4.54. The number of carbonyl (C=O) groups is 1. The molecule has 4 nitrogen and oxygen atoms in total. The molecule has 0 fully saturated rings. The number of carbonyl (C=O) groups excluding carboxylic acids is 1. The molecule has 0 saturated heterocycles. The van der Waals surface area contributed by atoms with Gasteiger partial charge < -0.3 is 10.2 Å². The molecule has 3 aromatic carbocycles. The minimum Gasteiger partial charge on any atom is -0.352 e. The predicted molar refractivity (Wildman–Crippen MR) is 121 cm³/mol. The van der Waals surface area contributed by atoms with Crippen molar-refractivity contribution in [3.05, 3.63) is 95.1 Å². The molecular formula is C26H27N3O. The lowest BCUT2D eigenvalue weighted by atomic mass is 9.98. The summed E-state index contributed by atoms with van der Waals surface area (Å²) in [6.07, 6.45) is 1.08. The maximum Gasteiger partial charge on any atom is 0.220 e. The van der Waals surface area contributed by atoms with Crippen molar-refractivity contribution >= 4 is 5.91 Å². The topological polar surface area (TPSA) is 56.1 Å². The molecule has 0 aromatic heterocycles. The first-order valence-electron chi connectivity index (χ1n) is 10.1. The number of amides is 1. The molecule has 3 rings (SSSR count). The van der Waals surface area contributed by atoms with E-state index in [0.717, 1.165) is 28.8 Å². The summed E-state index contributed by atoms with van der Waals surface area (Å²) in [5, 5.41) is 11.9. The van der Waals surface area contributed by atoms with Crippen molar-refractivity contribution in [3.8, 4) is 17.2 Å². The van der Waals surface area contributed by atoms with E-state index in [1.807, 2.05) is 24.3 Å². The fourth-order valence-electron chi connectivity index (χ4n) is 3.40. The Morgan fingerprint density at radius 2 is 1.60 bits per heavy atom. The number of nitrogens with zero attached hydrogens (tertiary/aromatic N) is 2. The molecule has 1 N–H and O–H groups in total. The van der Waals surface area contributed by atoms with Gasteiger partial charge in [-0.2, -0.15) is 5.26 Å². The number of nitrogens with one attached hydrogen (secondary N) is 1. The molecule has 0 unspecified atom stereocenters. The highest BCUT2D eigenvalue weighted by Gasteiger charge is 2.08. The average Bonchev–Trinajstić information content (AvgIpc) is 2.77. The zero-order chi connectivity index (χ0) is 21.3. The summed E-state index contributed by atoms with van der Waals surface area (Å²) in [4.78, 5) is 14.5. The molecule has 0 aliphatic rings. The quantitative estimate of drug-likeness (QED) is 0.607. The highest BCUT2D eigenvalue weighted by molar-refractivity contribution is 5.77. The smallest absolute Gasteiger partial charge is 0.220 e. The van der Waals surface area contributed by atoms with Crippen molar-refractivity contribution in [1.82, 2.24) is 10.2 Å². The van der Waals surface area contributed by atoms with E-state index in [0.29, 0.717) is 24.9 Å². The molecule has 152 valence electrons. The first kappa shape index (κ1) is 21.3. The third-order valence-corrected chi connectivity index (χ3v) is 4.98. The number of nitriles is 1. The molecule has 0 spiro atoms. The molecule has 0 radical (unpaired) electrons. The van der Waals surface area contributed by atoms with E-state index in [4.69, 9.17) is 5.26 Å². The molecule has 0 bridgehead atoms. The molecule has 1 amide bonds. The van der Waals surface area contributed by atoms with E-state index >= 15 is 0 Å². The Hall–Kier alpha value is -3.42. The van der Waals surface area contributed by atoms with Gasteiger partial charge in [0.2, 0.25) is 5.91 Å². The lowest BCUT2D eigenvalue weighted by Gasteiger charge is -2.13. The van der Waals surface area contributed by atoms with Crippen LogP contribution in [-0.4, -0.2) is 24.9 Å². The summed E-state index contributed by atoms with van der Waals surface area (Å²) >= 11 is 0. The second-order valence-electron chi connectivity index (χ2n) is 7.68. The molecule has 3 aromatic rings. The highest BCUT2D eigenvalue weighted by atomic mass is 16.1. The van der Waals surface area contributed by atoms with Crippen LogP contribution in [0, 0.1) is 11.3 Å². The third kappa shape index (κ3) is 6.04. The number of rotatable bonds is 8. The fourth-order valence-corrected chi connectivity index (χ4v) is 3.40. The molecular weight excluding hydrogens is 370 g/mol. The second kappa shape index (κ2) is 10.4. The van der Waals surface area contributed by atoms with Gasteiger partial charge in [0, 0.05) is 19.5 Å². The Morgan fingerprint density at radius 1 is 0.933 bits per heavy atom. The molecule has 0 saturated carbocycles. The van der Waals surface area contributed by atoms with Gasteiger partial charge >= 0.3 is 0 Å². The Labute approximate surface area is 178 Å². The van der Waals surface area contributed by atoms with Crippen LogP contribution < -0.4 is 5.32 Å². The van der Waals surface area contributed by atoms with Gasteiger partial charge in [-0.1, -0.05) is 60.7 Å². The first-order valence-corrected chi connectivity index (χ1v) is 10.1. The van der Waals surface area contributed by atoms with Crippen LogP contribution >= 0.6 is 0 Å². The molecule has 0 heterocycles. The van der Waals surface area contributed by atoms with Crippen molar-refractivity contribution in [3.63, 3.8) is 0 Å². The molecule has 30 heavy (non-hydrogen) atoms. The van der Waals surface area contributed by atoms with Gasteiger partial charge in [-0.05, 0) is 60.5 Å². The Morgan fingerprint density at radius 3 is 2.27 bits per heavy atom. The van der Waals surface area contributed by atoms with E-state index in [-0.39, 0.29) is 5.91 Å². The van der Waals surface area contributed by atoms with Gasteiger partial charge in [0.1, 0.15) is 0 Å². The number of hydrogen-bond acceptors (Lipinski definition) is 3. The summed E-state index contributed by atoms with van der Waals surface area (Å²) in [6.45, 7) is 1.42. The largest absolute Gasteiger partial charge is 0.352 e. The van der Waals surface area contributed by atoms with Gasteiger partial charge in [-0.15, -0.1) is 0 Å². The SMILES string of the molecule is CN(C)Cc1ccc(-c2ccccc2CNC(=O)CCc2ccc(C#N)cc2)cc1. The number of benzene rings is 3. The average molecular weight is 398 g/mol. The van der Waals surface area contributed by atoms with E-state index in [1.54, 1.807) is 12.1 Å². The van der Waals surface area contributed by atoms with Crippen LogP contribution in [0.15, 0.2) is 72.8 Å². The first-order chi connectivity index (χ1) is 14.5. The summed E-state index contributed by atoms with van der Waals surface area (Å²) in [5.74, 6) is 0.0236.